The highest BCUT2D eigenvalue weighted by atomic mass is 32.1. The summed E-state index contributed by atoms with van der Waals surface area (Å²) in [5, 5.41) is 16.7. The van der Waals surface area contributed by atoms with E-state index >= 15 is 0 Å². The standard InChI is InChI=1S/C30H34N6O4S/c1-20-17-22(14-15-25(20)35-19-31-33-34-35)36(27(37)18-23-11-8-16-41-23)28(30(38)32-21-9-5-4-6-10-21)24-12-7-13-26(39-2)29(24)40-3/h7-8,11-17,19,21,28H,4-6,9-10,18H2,1-3H3,(H,32,38)/t28-/m1/s1. The summed E-state index contributed by atoms with van der Waals surface area (Å²) in [6.07, 6.45) is 6.78. The predicted octanol–water partition coefficient (Wildman–Crippen LogP) is 4.82. The van der Waals surface area contributed by atoms with Crippen LogP contribution in [0.3, 0.4) is 0 Å². The van der Waals surface area contributed by atoms with Crippen LogP contribution >= 0.6 is 11.3 Å². The van der Waals surface area contributed by atoms with E-state index in [1.54, 1.807) is 29.9 Å². The van der Waals surface area contributed by atoms with Gasteiger partial charge in [-0.3, -0.25) is 14.5 Å². The fraction of sp³-hybridized carbons (Fsp3) is 0.367. The number of amides is 2. The predicted molar refractivity (Wildman–Crippen MR) is 157 cm³/mol. The van der Waals surface area contributed by atoms with Crippen molar-refractivity contribution in [1.29, 1.82) is 0 Å². The number of carbonyl (C=O) groups is 2. The van der Waals surface area contributed by atoms with E-state index in [0.717, 1.165) is 48.2 Å². The van der Waals surface area contributed by atoms with E-state index in [0.29, 0.717) is 22.7 Å². The number of thiophene rings is 1. The zero-order valence-electron chi connectivity index (χ0n) is 23.4. The average Bonchev–Trinajstić information content (AvgIpc) is 3.71. The number of aryl methyl sites for hydroxylation is 1. The van der Waals surface area contributed by atoms with Crippen LogP contribution in [-0.4, -0.2) is 52.3 Å². The van der Waals surface area contributed by atoms with Crippen LogP contribution in [0.15, 0.2) is 60.2 Å². The van der Waals surface area contributed by atoms with E-state index in [1.807, 2.05) is 54.8 Å². The summed E-state index contributed by atoms with van der Waals surface area (Å²) in [6.45, 7) is 1.92. The number of carbonyl (C=O) groups excluding carboxylic acids is 2. The van der Waals surface area contributed by atoms with Gasteiger partial charge in [0.1, 0.15) is 12.4 Å². The Morgan fingerprint density at radius 1 is 1.10 bits per heavy atom. The molecule has 0 aliphatic heterocycles. The van der Waals surface area contributed by atoms with Gasteiger partial charge in [0.15, 0.2) is 11.5 Å². The molecule has 1 atom stereocenters. The van der Waals surface area contributed by atoms with Gasteiger partial charge in [-0.15, -0.1) is 16.4 Å². The lowest BCUT2D eigenvalue weighted by Gasteiger charge is -2.34. The van der Waals surface area contributed by atoms with Gasteiger partial charge in [0.05, 0.1) is 26.3 Å². The molecular formula is C30H34N6O4S. The Labute approximate surface area is 243 Å². The van der Waals surface area contributed by atoms with Crippen LogP contribution in [0.25, 0.3) is 5.69 Å². The van der Waals surface area contributed by atoms with Gasteiger partial charge in [-0.05, 0) is 71.5 Å². The maximum absolute atomic E-state index is 14.3. The number of benzene rings is 2. The van der Waals surface area contributed by atoms with Crippen molar-refractivity contribution in [2.45, 2.75) is 57.5 Å². The molecule has 1 N–H and O–H groups in total. The molecule has 0 bridgehead atoms. The van der Waals surface area contributed by atoms with Gasteiger partial charge >= 0.3 is 0 Å². The summed E-state index contributed by atoms with van der Waals surface area (Å²) in [5.41, 5.74) is 2.73. The van der Waals surface area contributed by atoms with Gasteiger partial charge in [-0.25, -0.2) is 4.68 Å². The molecule has 4 aromatic rings. The molecule has 0 radical (unpaired) electrons. The first kappa shape index (κ1) is 28.3. The highest BCUT2D eigenvalue weighted by Gasteiger charge is 2.37. The zero-order chi connectivity index (χ0) is 28.8. The van der Waals surface area contributed by atoms with E-state index in [2.05, 4.69) is 20.8 Å². The molecule has 41 heavy (non-hydrogen) atoms. The minimum Gasteiger partial charge on any atom is -0.493 e. The monoisotopic (exact) mass is 574 g/mol. The summed E-state index contributed by atoms with van der Waals surface area (Å²) < 4.78 is 12.9. The Morgan fingerprint density at radius 3 is 2.59 bits per heavy atom. The third kappa shape index (κ3) is 6.25. The molecule has 1 saturated carbocycles. The van der Waals surface area contributed by atoms with Gasteiger partial charge < -0.3 is 14.8 Å². The van der Waals surface area contributed by atoms with Gasteiger partial charge in [0, 0.05) is 22.2 Å². The van der Waals surface area contributed by atoms with Crippen LogP contribution in [0.4, 0.5) is 5.69 Å². The lowest BCUT2D eigenvalue weighted by molar-refractivity contribution is -0.127. The highest BCUT2D eigenvalue weighted by Crippen LogP contribution is 2.40. The largest absolute Gasteiger partial charge is 0.493 e. The zero-order valence-corrected chi connectivity index (χ0v) is 24.3. The van der Waals surface area contributed by atoms with Gasteiger partial charge in [-0.1, -0.05) is 37.5 Å². The number of hydrogen-bond donors (Lipinski definition) is 1. The molecule has 2 amide bonds. The van der Waals surface area contributed by atoms with Crippen molar-refractivity contribution in [2.24, 2.45) is 0 Å². The molecule has 11 heteroatoms. The Balaban J connectivity index is 1.64. The summed E-state index contributed by atoms with van der Waals surface area (Å²) in [4.78, 5) is 31.1. The second kappa shape index (κ2) is 12.9. The molecule has 1 aliphatic carbocycles. The van der Waals surface area contributed by atoms with Crippen LogP contribution in [-0.2, 0) is 16.0 Å². The van der Waals surface area contributed by atoms with Crippen LogP contribution in [0.5, 0.6) is 11.5 Å². The number of tetrazole rings is 1. The van der Waals surface area contributed by atoms with Crippen molar-refractivity contribution < 1.29 is 19.1 Å². The number of nitrogens with zero attached hydrogens (tertiary/aromatic N) is 5. The quantitative estimate of drug-likeness (QED) is 0.289. The first-order chi connectivity index (χ1) is 20.0. The summed E-state index contributed by atoms with van der Waals surface area (Å²) in [5.74, 6) is 0.423. The van der Waals surface area contributed by atoms with Crippen molar-refractivity contribution >= 4 is 28.8 Å². The number of rotatable bonds is 10. The number of ether oxygens (including phenoxy) is 2. The second-order valence-electron chi connectivity index (χ2n) is 10.1. The third-order valence-corrected chi connectivity index (χ3v) is 8.29. The fourth-order valence-corrected chi connectivity index (χ4v) is 6.15. The number of anilines is 1. The van der Waals surface area contributed by atoms with Gasteiger partial charge in [0.25, 0.3) is 0 Å². The van der Waals surface area contributed by atoms with Crippen LogP contribution in [0, 0.1) is 6.92 Å². The molecule has 0 unspecified atom stereocenters. The number of hydrogen-bond acceptors (Lipinski definition) is 8. The molecule has 2 aromatic heterocycles. The third-order valence-electron chi connectivity index (χ3n) is 7.41. The fourth-order valence-electron chi connectivity index (χ4n) is 5.45. The SMILES string of the molecule is COc1cccc([C@H](C(=O)NC2CCCCC2)N(C(=O)Cc2cccs2)c2ccc(-n3cnnn3)c(C)c2)c1OC. The molecule has 10 nitrogen and oxygen atoms in total. The molecule has 2 aromatic carbocycles. The smallest absolute Gasteiger partial charge is 0.248 e. The van der Waals surface area contributed by atoms with E-state index in [9.17, 15) is 9.59 Å². The first-order valence-corrected chi connectivity index (χ1v) is 14.6. The lowest BCUT2D eigenvalue weighted by atomic mass is 9.94. The van der Waals surface area contributed by atoms with E-state index in [1.165, 1.54) is 17.7 Å². The normalized spacial score (nSPS) is 14.3. The maximum atomic E-state index is 14.3. The van der Waals surface area contributed by atoms with Crippen molar-refractivity contribution in [3.63, 3.8) is 0 Å². The number of methoxy groups -OCH3 is 2. The molecule has 2 heterocycles. The van der Waals surface area contributed by atoms with E-state index in [-0.39, 0.29) is 24.3 Å². The molecular weight excluding hydrogens is 540 g/mol. The molecule has 214 valence electrons. The summed E-state index contributed by atoms with van der Waals surface area (Å²) in [7, 11) is 3.10. The molecule has 0 spiro atoms. The minimum absolute atomic E-state index is 0.0496. The topological polar surface area (TPSA) is 111 Å². The Morgan fingerprint density at radius 2 is 1.93 bits per heavy atom. The first-order valence-electron chi connectivity index (χ1n) is 13.7. The second-order valence-corrected chi connectivity index (χ2v) is 11.1. The summed E-state index contributed by atoms with van der Waals surface area (Å²) in [6, 6.07) is 13.9. The highest BCUT2D eigenvalue weighted by molar-refractivity contribution is 7.10. The lowest BCUT2D eigenvalue weighted by Crippen LogP contribution is -2.47. The van der Waals surface area contributed by atoms with Crippen molar-refractivity contribution in [1.82, 2.24) is 25.5 Å². The molecule has 0 saturated heterocycles. The number of nitrogens with one attached hydrogen (secondary N) is 1. The number of aromatic nitrogens is 4. The Bertz CT molecular complexity index is 1470. The summed E-state index contributed by atoms with van der Waals surface area (Å²) >= 11 is 1.51. The van der Waals surface area contributed by atoms with Crippen molar-refractivity contribution in [2.75, 3.05) is 19.1 Å². The van der Waals surface area contributed by atoms with Crippen molar-refractivity contribution in [3.8, 4) is 17.2 Å². The average molecular weight is 575 g/mol. The van der Waals surface area contributed by atoms with Crippen molar-refractivity contribution in [3.05, 3.63) is 76.2 Å². The minimum atomic E-state index is -1.01. The van der Waals surface area contributed by atoms with E-state index in [4.69, 9.17) is 9.47 Å². The number of para-hydroxylation sites is 1. The Kier molecular flexibility index (Phi) is 8.93. The Hall–Kier alpha value is -4.25. The van der Waals surface area contributed by atoms with Crippen LogP contribution in [0.1, 0.15) is 54.1 Å². The van der Waals surface area contributed by atoms with Gasteiger partial charge in [0.2, 0.25) is 11.8 Å². The molecule has 5 rings (SSSR count). The maximum Gasteiger partial charge on any atom is 0.248 e. The molecule has 1 aliphatic rings. The van der Waals surface area contributed by atoms with Crippen LogP contribution in [0.2, 0.25) is 0 Å². The molecule has 1 fully saturated rings. The van der Waals surface area contributed by atoms with Crippen LogP contribution < -0.4 is 19.7 Å². The van der Waals surface area contributed by atoms with E-state index < -0.39 is 6.04 Å². The van der Waals surface area contributed by atoms with Gasteiger partial charge in [-0.2, -0.15) is 0 Å².